The van der Waals surface area contributed by atoms with Gasteiger partial charge >= 0.3 is 11.9 Å². The van der Waals surface area contributed by atoms with Gasteiger partial charge in [-0.05, 0) is 61.4 Å². The van der Waals surface area contributed by atoms with Crippen LogP contribution in [-0.2, 0) is 28.1 Å². The van der Waals surface area contributed by atoms with Crippen molar-refractivity contribution >= 4 is 49.5 Å². The van der Waals surface area contributed by atoms with Crippen molar-refractivity contribution in [1.29, 1.82) is 0 Å². The molecule has 0 spiro atoms. The van der Waals surface area contributed by atoms with Gasteiger partial charge in [0, 0.05) is 28.5 Å². The predicted molar refractivity (Wildman–Crippen MR) is 122 cm³/mol. The predicted octanol–water partition coefficient (Wildman–Crippen LogP) is 4.04. The van der Waals surface area contributed by atoms with Crippen LogP contribution in [0.4, 0.5) is 5.69 Å². The summed E-state index contributed by atoms with van der Waals surface area (Å²) in [5.41, 5.74) is 7.69. The van der Waals surface area contributed by atoms with E-state index in [0.717, 1.165) is 5.56 Å². The maximum absolute atomic E-state index is 11.1. The highest BCUT2D eigenvalue weighted by molar-refractivity contribution is 8.13. The number of nitrogen functional groups attached to an aromatic ring is 1. The van der Waals surface area contributed by atoms with Crippen LogP contribution in [0.25, 0.3) is 12.2 Å². The van der Waals surface area contributed by atoms with Gasteiger partial charge in [0.1, 0.15) is 0 Å². The molecular weight excluding hydrogens is 442 g/mol. The summed E-state index contributed by atoms with van der Waals surface area (Å²) < 4.78 is 31.6. The number of nitrogens with two attached hydrogens (primary N) is 1. The summed E-state index contributed by atoms with van der Waals surface area (Å²) in [4.78, 5) is 22.0. The quantitative estimate of drug-likeness (QED) is 0.284. The van der Waals surface area contributed by atoms with Gasteiger partial charge in [-0.2, -0.15) is 0 Å². The van der Waals surface area contributed by atoms with E-state index < -0.39 is 15.0 Å². The maximum Gasteiger partial charge on any atom is 0.330 e. The van der Waals surface area contributed by atoms with E-state index in [4.69, 9.17) is 25.9 Å². The molecule has 0 saturated carbocycles. The first kappa shape index (κ1) is 25.9. The van der Waals surface area contributed by atoms with E-state index in [-0.39, 0.29) is 10.9 Å². The Kier molecular flexibility index (Phi) is 11.1. The number of hydrogen-bond acceptors (Lipinski definition) is 7. The summed E-state index contributed by atoms with van der Waals surface area (Å²) in [5.74, 6) is -0.818. The third-order valence-corrected chi connectivity index (χ3v) is 4.80. The highest BCUT2D eigenvalue weighted by atomic mass is 35.7. The molecule has 0 aromatic heterocycles. The fourth-order valence-electron chi connectivity index (χ4n) is 2.14. The zero-order valence-corrected chi connectivity index (χ0v) is 18.7. The zero-order valence-electron chi connectivity index (χ0n) is 17.2. The Morgan fingerprint density at radius 1 is 0.903 bits per heavy atom. The molecule has 0 fully saturated rings. The molecule has 0 radical (unpaired) electrons. The van der Waals surface area contributed by atoms with E-state index in [2.05, 4.69) is 0 Å². The van der Waals surface area contributed by atoms with Gasteiger partial charge in [0.05, 0.1) is 18.1 Å². The molecule has 2 N–H and O–H groups in total. The standard InChI is InChI=1S/C11H11ClO4S.C11H13NO2/c1-2-16-11(13)7-6-9-4-3-5-10(8-9)17(12,14)15;1-2-14-11(13)7-6-9-4-3-5-10(12)8-9/h3-8H,2H2,1H3;3-8H,2,12H2,1H3/b2*7-6+. The Balaban J connectivity index is 0.000000316. The molecule has 9 heteroatoms. The van der Waals surface area contributed by atoms with E-state index in [0.29, 0.717) is 24.5 Å². The number of hydrogen-bond donors (Lipinski definition) is 1. The second kappa shape index (κ2) is 13.3. The SMILES string of the molecule is CCOC(=O)/C=C/c1cccc(N)c1.CCOC(=O)/C=C/c1cccc(S(=O)(=O)Cl)c1. The molecule has 0 bridgehead atoms. The minimum atomic E-state index is -3.75. The molecule has 0 heterocycles. The third-order valence-electron chi connectivity index (χ3n) is 3.45. The van der Waals surface area contributed by atoms with Crippen molar-refractivity contribution in [2.45, 2.75) is 18.7 Å². The second-order valence-electron chi connectivity index (χ2n) is 5.85. The molecule has 7 nitrogen and oxygen atoms in total. The normalized spacial score (nSPS) is 11.1. The lowest BCUT2D eigenvalue weighted by Gasteiger charge is -1.98. The largest absolute Gasteiger partial charge is 0.463 e. The van der Waals surface area contributed by atoms with Crippen molar-refractivity contribution in [1.82, 2.24) is 0 Å². The van der Waals surface area contributed by atoms with Crippen molar-refractivity contribution in [2.75, 3.05) is 18.9 Å². The topological polar surface area (TPSA) is 113 Å². The molecule has 31 heavy (non-hydrogen) atoms. The van der Waals surface area contributed by atoms with Crippen LogP contribution < -0.4 is 5.73 Å². The lowest BCUT2D eigenvalue weighted by molar-refractivity contribution is -0.138. The minimum absolute atomic E-state index is 0.00910. The maximum atomic E-state index is 11.1. The Hall–Kier alpha value is -3.10. The van der Waals surface area contributed by atoms with Crippen LogP contribution in [0.2, 0.25) is 0 Å². The number of carbonyl (C=O) groups is 2. The van der Waals surface area contributed by atoms with Crippen molar-refractivity contribution in [3.63, 3.8) is 0 Å². The fourth-order valence-corrected chi connectivity index (χ4v) is 2.95. The third kappa shape index (κ3) is 11.0. The van der Waals surface area contributed by atoms with Gasteiger partial charge in [0.25, 0.3) is 9.05 Å². The van der Waals surface area contributed by atoms with Gasteiger partial charge in [-0.15, -0.1) is 0 Å². The summed E-state index contributed by atoms with van der Waals surface area (Å²) in [5, 5.41) is 0. The van der Waals surface area contributed by atoms with Crippen LogP contribution in [0.1, 0.15) is 25.0 Å². The molecule has 0 aliphatic carbocycles. The van der Waals surface area contributed by atoms with Crippen molar-refractivity contribution in [3.8, 4) is 0 Å². The van der Waals surface area contributed by atoms with E-state index >= 15 is 0 Å². The highest BCUT2D eigenvalue weighted by Crippen LogP contribution is 2.16. The number of esters is 2. The first-order valence-electron chi connectivity index (χ1n) is 9.25. The van der Waals surface area contributed by atoms with Gasteiger partial charge in [0.2, 0.25) is 0 Å². The Bertz CT molecular complexity index is 1050. The number of halogens is 1. The molecule has 0 aliphatic heterocycles. The van der Waals surface area contributed by atoms with Crippen LogP contribution in [0.15, 0.2) is 65.6 Å². The monoisotopic (exact) mass is 465 g/mol. The van der Waals surface area contributed by atoms with Crippen LogP contribution in [0, 0.1) is 0 Å². The van der Waals surface area contributed by atoms with Crippen molar-refractivity contribution < 1.29 is 27.5 Å². The average molecular weight is 466 g/mol. The smallest absolute Gasteiger partial charge is 0.330 e. The lowest BCUT2D eigenvalue weighted by Crippen LogP contribution is -1.98. The second-order valence-corrected chi connectivity index (χ2v) is 8.42. The number of anilines is 1. The van der Waals surface area contributed by atoms with Gasteiger partial charge in [-0.1, -0.05) is 24.3 Å². The van der Waals surface area contributed by atoms with E-state index in [1.807, 2.05) is 12.1 Å². The molecule has 2 aromatic rings. The van der Waals surface area contributed by atoms with Crippen LogP contribution >= 0.6 is 10.7 Å². The van der Waals surface area contributed by atoms with E-state index in [1.54, 1.807) is 44.2 Å². The van der Waals surface area contributed by atoms with E-state index in [9.17, 15) is 18.0 Å². The number of carbonyl (C=O) groups excluding carboxylic acids is 2. The minimum Gasteiger partial charge on any atom is -0.463 e. The molecular formula is C22H24ClNO6S. The summed E-state index contributed by atoms with van der Waals surface area (Å²) >= 11 is 0. The van der Waals surface area contributed by atoms with Gasteiger partial charge in [-0.3, -0.25) is 0 Å². The molecule has 2 rings (SSSR count). The lowest BCUT2D eigenvalue weighted by atomic mass is 10.2. The Labute approximate surface area is 186 Å². The van der Waals surface area contributed by atoms with Gasteiger partial charge in [0.15, 0.2) is 0 Å². The average Bonchev–Trinajstić information content (AvgIpc) is 2.71. The molecule has 0 atom stereocenters. The summed E-state index contributed by atoms with van der Waals surface area (Å²) in [6, 6.07) is 13.2. The van der Waals surface area contributed by atoms with Gasteiger partial charge < -0.3 is 15.2 Å². The number of rotatable bonds is 7. The summed E-state index contributed by atoms with van der Waals surface area (Å²) in [7, 11) is 1.45. The highest BCUT2D eigenvalue weighted by Gasteiger charge is 2.09. The zero-order chi connectivity index (χ0) is 23.3. The molecule has 2 aromatic carbocycles. The van der Waals surface area contributed by atoms with Crippen LogP contribution in [0.3, 0.4) is 0 Å². The van der Waals surface area contributed by atoms with Crippen molar-refractivity contribution in [2.24, 2.45) is 0 Å². The molecule has 0 amide bonds. The fraction of sp³-hybridized carbons (Fsp3) is 0.182. The number of benzene rings is 2. The molecule has 166 valence electrons. The van der Waals surface area contributed by atoms with Crippen LogP contribution in [-0.4, -0.2) is 33.6 Å². The van der Waals surface area contributed by atoms with Crippen molar-refractivity contribution in [3.05, 3.63) is 71.8 Å². The van der Waals surface area contributed by atoms with Gasteiger partial charge in [-0.25, -0.2) is 18.0 Å². The Morgan fingerprint density at radius 3 is 1.84 bits per heavy atom. The first-order valence-corrected chi connectivity index (χ1v) is 11.6. The van der Waals surface area contributed by atoms with Crippen LogP contribution in [0.5, 0.6) is 0 Å². The summed E-state index contributed by atoms with van der Waals surface area (Å²) in [6.07, 6.45) is 5.75. The van der Waals surface area contributed by atoms with E-state index in [1.165, 1.54) is 30.4 Å². The molecule has 0 saturated heterocycles. The molecule has 0 unspecified atom stereocenters. The molecule has 0 aliphatic rings. The first-order chi connectivity index (χ1) is 14.7. The Morgan fingerprint density at radius 2 is 1.39 bits per heavy atom. The summed E-state index contributed by atoms with van der Waals surface area (Å²) in [6.45, 7) is 4.15. The number of ether oxygens (including phenoxy) is 2.